The third kappa shape index (κ3) is 2.04. The molecule has 2 aromatic rings. The van der Waals surface area contributed by atoms with Crippen LogP contribution in [0.5, 0.6) is 0 Å². The zero-order valence-electron chi connectivity index (χ0n) is 10.1. The highest BCUT2D eigenvalue weighted by atomic mass is 15.1. The summed E-state index contributed by atoms with van der Waals surface area (Å²) in [5.74, 6) is 0. The van der Waals surface area contributed by atoms with Crippen LogP contribution in [0.1, 0.15) is 12.5 Å². The number of nitrogens with zero attached hydrogens (tertiary/aromatic N) is 1. The van der Waals surface area contributed by atoms with Gasteiger partial charge in [-0.3, -0.25) is 0 Å². The molecule has 0 amide bonds. The van der Waals surface area contributed by atoms with Gasteiger partial charge in [-0.05, 0) is 37.1 Å². The normalized spacial score (nSPS) is 13.0. The smallest absolute Gasteiger partial charge is 0.0458 e. The van der Waals surface area contributed by atoms with E-state index in [1.165, 1.54) is 22.2 Å². The van der Waals surface area contributed by atoms with E-state index in [9.17, 15) is 0 Å². The Morgan fingerprint density at radius 1 is 1.38 bits per heavy atom. The maximum Gasteiger partial charge on any atom is 0.0458 e. The Morgan fingerprint density at radius 2 is 2.12 bits per heavy atom. The molecule has 0 aliphatic heterocycles. The molecule has 3 nitrogen and oxygen atoms in total. The minimum absolute atomic E-state index is 0.196. The number of hydrogen-bond acceptors (Lipinski definition) is 2. The molecule has 0 radical (unpaired) electrons. The van der Waals surface area contributed by atoms with Crippen LogP contribution in [0, 0.1) is 0 Å². The van der Waals surface area contributed by atoms with Crippen molar-refractivity contribution in [3.63, 3.8) is 0 Å². The predicted octanol–water partition coefficient (Wildman–Crippen LogP) is 2.12. The number of anilines is 1. The maximum absolute atomic E-state index is 5.85. The first-order chi connectivity index (χ1) is 7.58. The average molecular weight is 217 g/mol. The van der Waals surface area contributed by atoms with E-state index in [0.29, 0.717) is 0 Å². The molecule has 1 aromatic carbocycles. The Labute approximate surface area is 96.2 Å². The number of benzene rings is 1. The predicted molar refractivity (Wildman–Crippen MR) is 70.0 cm³/mol. The largest absolute Gasteiger partial charge is 0.378 e. The van der Waals surface area contributed by atoms with E-state index in [1.54, 1.807) is 0 Å². The van der Waals surface area contributed by atoms with Crippen LogP contribution in [0.2, 0.25) is 0 Å². The fourth-order valence-electron chi connectivity index (χ4n) is 1.96. The molecule has 3 heteroatoms. The zero-order valence-corrected chi connectivity index (χ0v) is 10.1. The Morgan fingerprint density at radius 3 is 2.75 bits per heavy atom. The van der Waals surface area contributed by atoms with Gasteiger partial charge in [0.25, 0.3) is 0 Å². The Kier molecular flexibility index (Phi) is 2.88. The van der Waals surface area contributed by atoms with Crippen LogP contribution in [0.4, 0.5) is 5.69 Å². The Balaban J connectivity index is 2.47. The summed E-state index contributed by atoms with van der Waals surface area (Å²) in [7, 11) is 4.11. The summed E-state index contributed by atoms with van der Waals surface area (Å²) in [6.45, 7) is 2.04. The van der Waals surface area contributed by atoms with E-state index < -0.39 is 0 Å². The van der Waals surface area contributed by atoms with Crippen molar-refractivity contribution in [2.75, 3.05) is 19.0 Å². The number of rotatable bonds is 3. The fourth-order valence-corrected chi connectivity index (χ4v) is 1.96. The average Bonchev–Trinajstić information content (AvgIpc) is 2.60. The lowest BCUT2D eigenvalue weighted by Gasteiger charge is -2.12. The highest BCUT2D eigenvalue weighted by Crippen LogP contribution is 2.24. The molecule has 1 heterocycles. The van der Waals surface area contributed by atoms with Crippen LogP contribution < -0.4 is 10.6 Å². The van der Waals surface area contributed by atoms with Crippen LogP contribution in [0.15, 0.2) is 24.4 Å². The second-order valence-corrected chi connectivity index (χ2v) is 4.62. The molecule has 2 rings (SSSR count). The van der Waals surface area contributed by atoms with Crippen LogP contribution >= 0.6 is 0 Å². The summed E-state index contributed by atoms with van der Waals surface area (Å²) < 4.78 is 0. The quantitative estimate of drug-likeness (QED) is 0.827. The molecule has 0 spiro atoms. The summed E-state index contributed by atoms with van der Waals surface area (Å²) in [6, 6.07) is 6.65. The van der Waals surface area contributed by atoms with Crippen molar-refractivity contribution < 1.29 is 0 Å². The van der Waals surface area contributed by atoms with Crippen molar-refractivity contribution in [3.8, 4) is 0 Å². The lowest BCUT2D eigenvalue weighted by Crippen LogP contribution is -2.17. The van der Waals surface area contributed by atoms with Crippen molar-refractivity contribution >= 4 is 16.6 Å². The van der Waals surface area contributed by atoms with Crippen LogP contribution in [0.3, 0.4) is 0 Å². The van der Waals surface area contributed by atoms with Crippen molar-refractivity contribution in [3.05, 3.63) is 30.0 Å². The SMILES string of the molecule is CC(N)Cc1c[nH]c2ccc(N(C)C)cc12. The number of H-pyrrole nitrogens is 1. The Bertz CT molecular complexity index is 483. The van der Waals surface area contributed by atoms with E-state index in [1.807, 2.05) is 6.92 Å². The summed E-state index contributed by atoms with van der Waals surface area (Å²) in [5.41, 5.74) is 9.55. The second kappa shape index (κ2) is 4.18. The number of fused-ring (bicyclic) bond motifs is 1. The first kappa shape index (κ1) is 11.0. The van der Waals surface area contributed by atoms with Crippen LogP contribution in [0.25, 0.3) is 10.9 Å². The molecule has 0 bridgehead atoms. The van der Waals surface area contributed by atoms with Gasteiger partial charge in [-0.15, -0.1) is 0 Å². The molecule has 1 unspecified atom stereocenters. The first-order valence-electron chi connectivity index (χ1n) is 5.61. The van der Waals surface area contributed by atoms with Gasteiger partial charge in [0.05, 0.1) is 0 Å². The summed E-state index contributed by atoms with van der Waals surface area (Å²) >= 11 is 0. The van der Waals surface area contributed by atoms with Crippen LogP contribution in [-0.2, 0) is 6.42 Å². The van der Waals surface area contributed by atoms with Gasteiger partial charge >= 0.3 is 0 Å². The third-order valence-corrected chi connectivity index (χ3v) is 2.81. The lowest BCUT2D eigenvalue weighted by atomic mass is 10.1. The topological polar surface area (TPSA) is 45.1 Å². The molecule has 1 aromatic heterocycles. The number of nitrogens with two attached hydrogens (primary N) is 1. The van der Waals surface area contributed by atoms with Gasteiger partial charge in [-0.2, -0.15) is 0 Å². The highest BCUT2D eigenvalue weighted by molar-refractivity contribution is 5.86. The maximum atomic E-state index is 5.85. The van der Waals surface area contributed by atoms with Gasteiger partial charge in [0.1, 0.15) is 0 Å². The minimum atomic E-state index is 0.196. The molecule has 0 aliphatic carbocycles. The monoisotopic (exact) mass is 217 g/mol. The molecule has 0 saturated carbocycles. The summed E-state index contributed by atoms with van der Waals surface area (Å²) in [5, 5.41) is 1.28. The van der Waals surface area contributed by atoms with Gasteiger partial charge in [-0.1, -0.05) is 0 Å². The van der Waals surface area contributed by atoms with Crippen molar-refractivity contribution in [1.29, 1.82) is 0 Å². The van der Waals surface area contributed by atoms with Crippen molar-refractivity contribution in [2.24, 2.45) is 5.73 Å². The van der Waals surface area contributed by atoms with Crippen molar-refractivity contribution in [2.45, 2.75) is 19.4 Å². The minimum Gasteiger partial charge on any atom is -0.378 e. The van der Waals surface area contributed by atoms with Crippen LogP contribution in [-0.4, -0.2) is 25.1 Å². The molecule has 0 aliphatic rings. The van der Waals surface area contributed by atoms with E-state index in [0.717, 1.165) is 6.42 Å². The molecule has 3 N–H and O–H groups in total. The molecule has 1 atom stereocenters. The zero-order chi connectivity index (χ0) is 11.7. The number of hydrogen-bond donors (Lipinski definition) is 2. The molecule has 0 saturated heterocycles. The third-order valence-electron chi connectivity index (χ3n) is 2.81. The van der Waals surface area contributed by atoms with E-state index in [-0.39, 0.29) is 6.04 Å². The standard InChI is InChI=1S/C13H19N3/c1-9(14)6-10-8-15-13-5-4-11(16(2)3)7-12(10)13/h4-5,7-9,15H,6,14H2,1-3H3. The molecular formula is C13H19N3. The summed E-state index contributed by atoms with van der Waals surface area (Å²) in [4.78, 5) is 5.40. The van der Waals surface area contributed by atoms with E-state index >= 15 is 0 Å². The van der Waals surface area contributed by atoms with Crippen molar-refractivity contribution in [1.82, 2.24) is 4.98 Å². The molecule has 16 heavy (non-hydrogen) atoms. The molecule has 0 fully saturated rings. The van der Waals surface area contributed by atoms with Gasteiger partial charge < -0.3 is 15.6 Å². The Hall–Kier alpha value is -1.48. The van der Waals surface area contributed by atoms with Gasteiger partial charge in [-0.25, -0.2) is 0 Å². The van der Waals surface area contributed by atoms with Gasteiger partial charge in [0.15, 0.2) is 0 Å². The highest BCUT2D eigenvalue weighted by Gasteiger charge is 2.07. The van der Waals surface area contributed by atoms with Gasteiger partial charge in [0.2, 0.25) is 0 Å². The lowest BCUT2D eigenvalue weighted by molar-refractivity contribution is 0.741. The molecule has 86 valence electrons. The van der Waals surface area contributed by atoms with E-state index in [2.05, 4.69) is 48.4 Å². The van der Waals surface area contributed by atoms with Gasteiger partial charge in [0, 0.05) is 42.9 Å². The first-order valence-corrected chi connectivity index (χ1v) is 5.61. The van der Waals surface area contributed by atoms with E-state index in [4.69, 9.17) is 5.73 Å². The fraction of sp³-hybridized carbons (Fsp3) is 0.385. The second-order valence-electron chi connectivity index (χ2n) is 4.62. The number of aromatic amines is 1. The molecular weight excluding hydrogens is 198 g/mol. The summed E-state index contributed by atoms with van der Waals surface area (Å²) in [6.07, 6.45) is 2.98. The number of nitrogens with one attached hydrogen (secondary N) is 1. The number of aromatic nitrogens is 1.